The van der Waals surface area contributed by atoms with Gasteiger partial charge in [0.15, 0.2) is 0 Å². The molecular formula is C32H36FN7O3. The maximum atomic E-state index is 15.2. The number of benzene rings is 1. The van der Waals surface area contributed by atoms with Crippen LogP contribution in [0.1, 0.15) is 44.7 Å². The SMILES string of the molecule is CNC1(C2COC(C)(C)c3ccc(cc3)-c3c(-c4cn(C)nc4F)[nH]c4ncc5c(c34)n(c(=O)n5C)[C@@H]3CC[C@@H]2C3)CO1. The smallest absolute Gasteiger partial charge is 0.329 e. The first-order chi connectivity index (χ1) is 20.6. The van der Waals surface area contributed by atoms with Crippen molar-refractivity contribution in [2.24, 2.45) is 25.9 Å². The van der Waals surface area contributed by atoms with E-state index in [1.807, 2.05) is 23.7 Å². The summed E-state index contributed by atoms with van der Waals surface area (Å²) >= 11 is 0. The van der Waals surface area contributed by atoms with Gasteiger partial charge in [-0.2, -0.15) is 4.39 Å². The fourth-order valence-corrected chi connectivity index (χ4v) is 7.72. The predicted molar refractivity (Wildman–Crippen MR) is 161 cm³/mol. The third-order valence-electron chi connectivity index (χ3n) is 10.3. The molecule has 5 aromatic rings. The van der Waals surface area contributed by atoms with Gasteiger partial charge in [-0.15, -0.1) is 5.10 Å². The van der Waals surface area contributed by atoms with E-state index >= 15 is 4.39 Å². The highest BCUT2D eigenvalue weighted by molar-refractivity contribution is 6.14. The van der Waals surface area contributed by atoms with E-state index in [9.17, 15) is 4.79 Å². The van der Waals surface area contributed by atoms with Gasteiger partial charge in [-0.1, -0.05) is 24.3 Å². The van der Waals surface area contributed by atoms with Crippen LogP contribution in [0, 0.1) is 17.8 Å². The van der Waals surface area contributed by atoms with E-state index in [-0.39, 0.29) is 17.6 Å². The summed E-state index contributed by atoms with van der Waals surface area (Å²) in [5, 5.41) is 8.23. The Hall–Kier alpha value is -3.80. The molecule has 2 N–H and O–H groups in total. The van der Waals surface area contributed by atoms with Crippen molar-refractivity contribution in [3.8, 4) is 22.4 Å². The molecule has 0 spiro atoms. The molecule has 7 heterocycles. The van der Waals surface area contributed by atoms with Crippen LogP contribution in [0.5, 0.6) is 0 Å². The highest BCUT2D eigenvalue weighted by atomic mass is 19.1. The fraction of sp³-hybridized carbons (Fsp3) is 0.469. The quantitative estimate of drug-likeness (QED) is 0.300. The average molecular weight is 586 g/mol. The van der Waals surface area contributed by atoms with E-state index in [2.05, 4.69) is 41.4 Å². The number of H-pyrrole nitrogens is 1. The number of hydrogen-bond donors (Lipinski definition) is 2. The third kappa shape index (κ3) is 3.84. The lowest BCUT2D eigenvalue weighted by Gasteiger charge is -2.34. The van der Waals surface area contributed by atoms with Crippen LogP contribution < -0.4 is 11.0 Å². The summed E-state index contributed by atoms with van der Waals surface area (Å²) in [6.45, 7) is 5.38. The van der Waals surface area contributed by atoms with Gasteiger partial charge in [-0.05, 0) is 57.2 Å². The molecule has 2 fully saturated rings. The van der Waals surface area contributed by atoms with Crippen molar-refractivity contribution in [3.63, 3.8) is 0 Å². The number of fused-ring (bicyclic) bond motifs is 5. The van der Waals surface area contributed by atoms with Gasteiger partial charge in [0.1, 0.15) is 11.4 Å². The second kappa shape index (κ2) is 9.10. The van der Waals surface area contributed by atoms with Gasteiger partial charge in [0.2, 0.25) is 5.95 Å². The molecule has 224 valence electrons. The Kier molecular flexibility index (Phi) is 5.67. The molecule has 1 saturated carbocycles. The minimum absolute atomic E-state index is 0.0109. The van der Waals surface area contributed by atoms with E-state index in [4.69, 9.17) is 14.5 Å². The zero-order chi connectivity index (χ0) is 29.8. The number of ether oxygens (including phenoxy) is 2. The van der Waals surface area contributed by atoms with Gasteiger partial charge in [0, 0.05) is 37.8 Å². The van der Waals surface area contributed by atoms with Gasteiger partial charge in [0.25, 0.3) is 0 Å². The normalized spacial score (nSPS) is 26.4. The largest absolute Gasteiger partial charge is 0.370 e. The monoisotopic (exact) mass is 585 g/mol. The predicted octanol–water partition coefficient (Wildman–Crippen LogP) is 4.59. The molecule has 4 aliphatic rings. The molecule has 43 heavy (non-hydrogen) atoms. The summed E-state index contributed by atoms with van der Waals surface area (Å²) in [6.07, 6.45) is 6.08. The van der Waals surface area contributed by atoms with Crippen molar-refractivity contribution in [3.05, 3.63) is 58.7 Å². The number of aromatic amines is 1. The van der Waals surface area contributed by atoms with E-state index < -0.39 is 17.3 Å². The summed E-state index contributed by atoms with van der Waals surface area (Å²) in [6, 6.07) is 8.24. The number of nitrogens with zero attached hydrogens (tertiary/aromatic N) is 5. The standard InChI is InChI=1S/C32H36FN7O3/c1-31(2)19-9-6-17(7-10-19)24-25-27-23(13-35-29(25)36-26(24)21-14-38(4)37-28(21)33)39(5)30(41)40(27)20-11-8-18(12-20)22(15-42-31)32(34-3)16-43-32/h6-7,9-10,13-14,18,20,22,34H,8,11-12,15-16H2,1-5H3,(H,35,36)/t18-,20-,22?,32?/m1/s1. The van der Waals surface area contributed by atoms with Gasteiger partial charge >= 0.3 is 5.69 Å². The Morgan fingerprint density at radius 1 is 1.14 bits per heavy atom. The number of likely N-dealkylation sites (N-methyl/N-ethyl adjacent to an activating group) is 1. The van der Waals surface area contributed by atoms with E-state index in [0.717, 1.165) is 52.4 Å². The first-order valence-electron chi connectivity index (χ1n) is 15.0. The molecule has 1 aliphatic carbocycles. The lowest BCUT2D eigenvalue weighted by Crippen LogP contribution is -2.45. The molecule has 4 atom stereocenters. The molecule has 3 aliphatic heterocycles. The van der Waals surface area contributed by atoms with Crippen LogP contribution in [0.2, 0.25) is 0 Å². The van der Waals surface area contributed by atoms with E-state index in [0.29, 0.717) is 36.0 Å². The number of epoxide rings is 1. The maximum absolute atomic E-state index is 15.2. The Bertz CT molecular complexity index is 1960. The summed E-state index contributed by atoms with van der Waals surface area (Å²) in [5.41, 5.74) is 4.80. The molecule has 4 bridgehead atoms. The molecule has 9 rings (SSSR count). The Morgan fingerprint density at radius 3 is 2.58 bits per heavy atom. The maximum Gasteiger partial charge on any atom is 0.329 e. The number of imidazole rings is 1. The number of nitrogens with one attached hydrogen (secondary N) is 2. The zero-order valence-electron chi connectivity index (χ0n) is 25.1. The summed E-state index contributed by atoms with van der Waals surface area (Å²) in [7, 11) is 5.45. The van der Waals surface area contributed by atoms with Gasteiger partial charge in [-0.3, -0.25) is 19.1 Å². The Labute approximate surface area is 247 Å². The first-order valence-corrected chi connectivity index (χ1v) is 15.0. The molecular weight excluding hydrogens is 549 g/mol. The minimum Gasteiger partial charge on any atom is -0.370 e. The van der Waals surface area contributed by atoms with Crippen molar-refractivity contribution >= 4 is 22.1 Å². The fourth-order valence-electron chi connectivity index (χ4n) is 7.72. The molecule has 1 aromatic carbocycles. The number of halogens is 1. The summed E-state index contributed by atoms with van der Waals surface area (Å²) in [5.74, 6) is -0.145. The molecule has 0 amide bonds. The number of hydrogen-bond acceptors (Lipinski definition) is 6. The van der Waals surface area contributed by atoms with E-state index in [1.165, 1.54) is 4.68 Å². The topological polar surface area (TPSA) is 107 Å². The van der Waals surface area contributed by atoms with Crippen LogP contribution in [0.4, 0.5) is 4.39 Å². The summed E-state index contributed by atoms with van der Waals surface area (Å²) < 4.78 is 33.1. The van der Waals surface area contributed by atoms with Crippen LogP contribution >= 0.6 is 0 Å². The second-order valence-corrected chi connectivity index (χ2v) is 13.0. The lowest BCUT2D eigenvalue weighted by molar-refractivity contribution is -0.0674. The molecule has 10 nitrogen and oxygen atoms in total. The van der Waals surface area contributed by atoms with Crippen LogP contribution in [0.3, 0.4) is 0 Å². The summed E-state index contributed by atoms with van der Waals surface area (Å²) in [4.78, 5) is 22.2. The highest BCUT2D eigenvalue weighted by Gasteiger charge is 2.55. The number of aryl methyl sites for hydroxylation is 2. The van der Waals surface area contributed by atoms with Gasteiger partial charge in [-0.25, -0.2) is 9.78 Å². The second-order valence-electron chi connectivity index (χ2n) is 13.0. The Morgan fingerprint density at radius 2 is 1.91 bits per heavy atom. The van der Waals surface area contributed by atoms with Crippen LogP contribution in [0.25, 0.3) is 44.5 Å². The average Bonchev–Trinajstić information content (AvgIpc) is 3.22. The molecule has 4 aromatic heterocycles. The van der Waals surface area contributed by atoms with Crippen LogP contribution in [-0.2, 0) is 29.2 Å². The zero-order valence-corrected chi connectivity index (χ0v) is 25.1. The number of aromatic nitrogens is 6. The lowest BCUT2D eigenvalue weighted by atomic mass is 9.84. The van der Waals surface area contributed by atoms with Gasteiger partial charge in [0.05, 0.1) is 52.7 Å². The van der Waals surface area contributed by atoms with Crippen LogP contribution in [-0.4, -0.2) is 54.9 Å². The number of rotatable bonds is 3. The van der Waals surface area contributed by atoms with Crippen molar-refractivity contribution in [2.75, 3.05) is 20.3 Å². The first kappa shape index (κ1) is 26.8. The molecule has 0 radical (unpaired) electrons. The minimum atomic E-state index is -0.570. The van der Waals surface area contributed by atoms with E-state index in [1.54, 1.807) is 31.1 Å². The third-order valence-corrected chi connectivity index (χ3v) is 10.3. The van der Waals surface area contributed by atoms with Crippen molar-refractivity contribution in [2.45, 2.75) is 50.5 Å². The molecule has 1 saturated heterocycles. The molecule has 11 heteroatoms. The van der Waals surface area contributed by atoms with Crippen molar-refractivity contribution in [1.82, 2.24) is 34.2 Å². The molecule has 2 unspecified atom stereocenters. The van der Waals surface area contributed by atoms with Crippen molar-refractivity contribution in [1.29, 1.82) is 0 Å². The van der Waals surface area contributed by atoms with Crippen molar-refractivity contribution < 1.29 is 13.9 Å². The highest BCUT2D eigenvalue weighted by Crippen LogP contribution is 2.49. The van der Waals surface area contributed by atoms with Gasteiger partial charge < -0.3 is 14.5 Å². The number of pyridine rings is 1. The van der Waals surface area contributed by atoms with Crippen LogP contribution in [0.15, 0.2) is 41.5 Å². The Balaban J connectivity index is 1.44.